The Labute approximate surface area is 116 Å². The van der Waals surface area contributed by atoms with Gasteiger partial charge in [-0.15, -0.1) is 13.2 Å². The lowest BCUT2D eigenvalue weighted by atomic mass is 10.3. The van der Waals surface area contributed by atoms with E-state index in [1.54, 1.807) is 0 Å². The fourth-order valence-electron chi connectivity index (χ4n) is 1.40. The van der Waals surface area contributed by atoms with Gasteiger partial charge in [-0.1, -0.05) is 0 Å². The van der Waals surface area contributed by atoms with Crippen molar-refractivity contribution < 1.29 is 32.5 Å². The fraction of sp³-hybridized carbons (Fsp3) is 0.0769. The van der Waals surface area contributed by atoms with E-state index in [2.05, 4.69) is 9.72 Å². The first-order valence-corrected chi connectivity index (χ1v) is 5.56. The Morgan fingerprint density at radius 1 is 1.05 bits per heavy atom. The first-order valence-electron chi connectivity index (χ1n) is 5.56. The Hall–Kier alpha value is -2.77. The molecular formula is C13H8F3NO4. The summed E-state index contributed by atoms with van der Waals surface area (Å²) < 4.78 is 44.9. The van der Waals surface area contributed by atoms with E-state index in [0.717, 1.165) is 18.3 Å². The summed E-state index contributed by atoms with van der Waals surface area (Å²) in [6, 6.07) is 7.36. The number of nitrogens with zero attached hydrogens (tertiary/aromatic N) is 1. The Morgan fingerprint density at radius 3 is 2.14 bits per heavy atom. The third-order valence-corrected chi connectivity index (χ3v) is 2.26. The maximum atomic E-state index is 12.0. The van der Waals surface area contributed by atoms with Gasteiger partial charge < -0.3 is 14.6 Å². The SMILES string of the molecule is O=C(O)c1ccc(Oc2ccc(OC(F)(F)F)cc2)nc1. The van der Waals surface area contributed by atoms with Crippen molar-refractivity contribution in [2.75, 3.05) is 0 Å². The number of carbonyl (C=O) groups is 1. The van der Waals surface area contributed by atoms with Crippen LogP contribution in [0.15, 0.2) is 42.6 Å². The molecule has 2 aromatic rings. The number of pyridine rings is 1. The number of benzene rings is 1. The number of rotatable bonds is 4. The lowest BCUT2D eigenvalue weighted by Crippen LogP contribution is -2.16. The first kappa shape index (κ1) is 14.6. The number of halogens is 3. The van der Waals surface area contributed by atoms with E-state index < -0.39 is 12.3 Å². The van der Waals surface area contributed by atoms with Crippen LogP contribution < -0.4 is 9.47 Å². The van der Waals surface area contributed by atoms with Crippen molar-refractivity contribution in [3.05, 3.63) is 48.2 Å². The summed E-state index contributed by atoms with van der Waals surface area (Å²) in [6.45, 7) is 0. The van der Waals surface area contributed by atoms with Gasteiger partial charge in [-0.25, -0.2) is 9.78 Å². The molecule has 0 saturated carbocycles. The van der Waals surface area contributed by atoms with Crippen LogP contribution in [0.1, 0.15) is 10.4 Å². The molecule has 21 heavy (non-hydrogen) atoms. The number of aromatic nitrogens is 1. The Morgan fingerprint density at radius 2 is 1.67 bits per heavy atom. The van der Waals surface area contributed by atoms with Crippen molar-refractivity contribution >= 4 is 5.97 Å². The van der Waals surface area contributed by atoms with Crippen molar-refractivity contribution in [2.45, 2.75) is 6.36 Å². The van der Waals surface area contributed by atoms with E-state index in [-0.39, 0.29) is 22.9 Å². The molecule has 0 aliphatic heterocycles. The van der Waals surface area contributed by atoms with Crippen LogP contribution in [0.2, 0.25) is 0 Å². The van der Waals surface area contributed by atoms with Gasteiger partial charge in [0.25, 0.3) is 0 Å². The molecule has 0 spiro atoms. The zero-order valence-electron chi connectivity index (χ0n) is 10.3. The van der Waals surface area contributed by atoms with E-state index in [1.165, 1.54) is 24.3 Å². The monoisotopic (exact) mass is 299 g/mol. The second-order valence-electron chi connectivity index (χ2n) is 3.81. The highest BCUT2D eigenvalue weighted by atomic mass is 19.4. The molecule has 2 rings (SSSR count). The molecule has 0 bridgehead atoms. The molecule has 5 nitrogen and oxygen atoms in total. The molecule has 0 atom stereocenters. The first-order chi connectivity index (χ1) is 9.83. The van der Waals surface area contributed by atoms with Gasteiger partial charge in [0.05, 0.1) is 5.56 Å². The second-order valence-corrected chi connectivity index (χ2v) is 3.81. The van der Waals surface area contributed by atoms with Crippen LogP contribution in [0.3, 0.4) is 0 Å². The van der Waals surface area contributed by atoms with Gasteiger partial charge in [-0.3, -0.25) is 0 Å². The highest BCUT2D eigenvalue weighted by Gasteiger charge is 2.30. The van der Waals surface area contributed by atoms with Crippen LogP contribution >= 0.6 is 0 Å². The molecule has 0 radical (unpaired) electrons. The Bertz CT molecular complexity index is 623. The standard InChI is InChI=1S/C13H8F3NO4/c14-13(15,16)21-10-4-2-9(3-5-10)20-11-6-1-8(7-17-11)12(18)19/h1-7H,(H,18,19). The average Bonchev–Trinajstić information content (AvgIpc) is 2.40. The van der Waals surface area contributed by atoms with Gasteiger partial charge >= 0.3 is 12.3 Å². The highest BCUT2D eigenvalue weighted by Crippen LogP contribution is 2.26. The smallest absolute Gasteiger partial charge is 0.478 e. The minimum atomic E-state index is -4.75. The number of ether oxygens (including phenoxy) is 2. The molecule has 1 heterocycles. The molecule has 0 unspecified atom stereocenters. The van der Waals surface area contributed by atoms with E-state index >= 15 is 0 Å². The second kappa shape index (κ2) is 5.70. The molecular weight excluding hydrogens is 291 g/mol. The maximum absolute atomic E-state index is 12.0. The van der Waals surface area contributed by atoms with Crippen molar-refractivity contribution in [3.8, 4) is 17.4 Å². The van der Waals surface area contributed by atoms with E-state index in [9.17, 15) is 18.0 Å². The van der Waals surface area contributed by atoms with Crippen LogP contribution in [-0.2, 0) is 0 Å². The van der Waals surface area contributed by atoms with Gasteiger partial charge in [-0.05, 0) is 30.3 Å². The summed E-state index contributed by atoms with van der Waals surface area (Å²) in [5.74, 6) is -1.14. The third-order valence-electron chi connectivity index (χ3n) is 2.26. The van der Waals surface area contributed by atoms with Crippen LogP contribution in [0, 0.1) is 0 Å². The molecule has 110 valence electrons. The number of hydrogen-bond acceptors (Lipinski definition) is 4. The summed E-state index contributed by atoms with van der Waals surface area (Å²) in [5.41, 5.74) is -0.00345. The van der Waals surface area contributed by atoms with Gasteiger partial charge in [0.1, 0.15) is 11.5 Å². The predicted molar refractivity (Wildman–Crippen MR) is 64.4 cm³/mol. The lowest BCUT2D eigenvalue weighted by Gasteiger charge is -2.09. The molecule has 1 N–H and O–H groups in total. The fourth-order valence-corrected chi connectivity index (χ4v) is 1.40. The number of aromatic carboxylic acids is 1. The van der Waals surface area contributed by atoms with Crippen LogP contribution in [0.5, 0.6) is 17.4 Å². The van der Waals surface area contributed by atoms with Crippen molar-refractivity contribution in [3.63, 3.8) is 0 Å². The third kappa shape index (κ3) is 4.37. The van der Waals surface area contributed by atoms with E-state index in [0.29, 0.717) is 0 Å². The topological polar surface area (TPSA) is 68.7 Å². The molecule has 0 aliphatic rings. The summed E-state index contributed by atoms with van der Waals surface area (Å²) in [5, 5.41) is 8.70. The Kier molecular flexibility index (Phi) is 3.97. The predicted octanol–water partition coefficient (Wildman–Crippen LogP) is 3.47. The molecule has 0 aliphatic carbocycles. The Balaban J connectivity index is 2.04. The van der Waals surface area contributed by atoms with Crippen LogP contribution in [0.4, 0.5) is 13.2 Å². The molecule has 0 fully saturated rings. The summed E-state index contributed by atoms with van der Waals surface area (Å²) >= 11 is 0. The van der Waals surface area contributed by atoms with Crippen molar-refractivity contribution in [2.24, 2.45) is 0 Å². The largest absolute Gasteiger partial charge is 0.573 e. The van der Waals surface area contributed by atoms with Gasteiger partial charge in [0, 0.05) is 12.3 Å². The minimum absolute atomic E-state index is 0.00345. The number of hydrogen-bond donors (Lipinski definition) is 1. The lowest BCUT2D eigenvalue weighted by molar-refractivity contribution is -0.274. The summed E-state index contributed by atoms with van der Waals surface area (Å²) in [4.78, 5) is 14.4. The summed E-state index contributed by atoms with van der Waals surface area (Å²) in [7, 11) is 0. The maximum Gasteiger partial charge on any atom is 0.573 e. The molecule has 1 aromatic carbocycles. The van der Waals surface area contributed by atoms with E-state index in [1.807, 2.05) is 0 Å². The van der Waals surface area contributed by atoms with Crippen LogP contribution in [-0.4, -0.2) is 22.4 Å². The normalized spacial score (nSPS) is 11.0. The quantitative estimate of drug-likeness (QED) is 0.936. The van der Waals surface area contributed by atoms with Crippen molar-refractivity contribution in [1.82, 2.24) is 4.98 Å². The molecule has 1 aromatic heterocycles. The van der Waals surface area contributed by atoms with Gasteiger partial charge in [0.2, 0.25) is 5.88 Å². The average molecular weight is 299 g/mol. The number of alkyl halides is 3. The summed E-state index contributed by atoms with van der Waals surface area (Å²) in [6.07, 6.45) is -3.64. The minimum Gasteiger partial charge on any atom is -0.478 e. The van der Waals surface area contributed by atoms with Gasteiger partial charge in [-0.2, -0.15) is 0 Å². The number of carboxylic acid groups (broad SMARTS) is 1. The molecule has 0 saturated heterocycles. The molecule has 0 amide bonds. The zero-order valence-corrected chi connectivity index (χ0v) is 10.3. The number of carboxylic acids is 1. The molecule has 8 heteroatoms. The zero-order chi connectivity index (χ0) is 15.5. The van der Waals surface area contributed by atoms with Crippen LogP contribution in [0.25, 0.3) is 0 Å². The van der Waals surface area contributed by atoms with Crippen molar-refractivity contribution in [1.29, 1.82) is 0 Å². The van der Waals surface area contributed by atoms with E-state index in [4.69, 9.17) is 9.84 Å². The highest BCUT2D eigenvalue weighted by molar-refractivity contribution is 5.87. The van der Waals surface area contributed by atoms with Gasteiger partial charge in [0.15, 0.2) is 0 Å².